The lowest BCUT2D eigenvalue weighted by Crippen LogP contribution is -2.21. The molecule has 0 amide bonds. The van der Waals surface area contributed by atoms with E-state index in [-0.39, 0.29) is 0 Å². The van der Waals surface area contributed by atoms with Crippen LogP contribution in [0, 0.1) is 13.8 Å². The van der Waals surface area contributed by atoms with E-state index in [2.05, 4.69) is 74.0 Å². The Morgan fingerprint density at radius 1 is 1.00 bits per heavy atom. The molecular weight excluding hydrogens is 270 g/mol. The van der Waals surface area contributed by atoms with Crippen molar-refractivity contribution in [3.05, 3.63) is 47.5 Å². The summed E-state index contributed by atoms with van der Waals surface area (Å²) in [6.45, 7) is 10.6. The van der Waals surface area contributed by atoms with Crippen LogP contribution >= 0.6 is 0 Å². The van der Waals surface area contributed by atoms with Crippen LogP contribution in [-0.4, -0.2) is 23.1 Å². The smallest absolute Gasteiger partial charge is 0.138 e. The van der Waals surface area contributed by atoms with Gasteiger partial charge >= 0.3 is 0 Å². The van der Waals surface area contributed by atoms with Crippen LogP contribution in [0.2, 0.25) is 0 Å². The molecule has 1 aromatic heterocycles. The van der Waals surface area contributed by atoms with Gasteiger partial charge in [-0.25, -0.2) is 4.98 Å². The number of aryl methyl sites for hydroxylation is 2. The molecule has 3 heteroatoms. The summed E-state index contributed by atoms with van der Waals surface area (Å²) in [5, 5.41) is 0. The number of hydrogen-bond acceptors (Lipinski definition) is 2. The molecule has 3 aromatic rings. The quantitative estimate of drug-likeness (QED) is 0.756. The van der Waals surface area contributed by atoms with Gasteiger partial charge in [-0.15, -0.1) is 0 Å². The molecule has 0 atom stereocenters. The van der Waals surface area contributed by atoms with Gasteiger partial charge in [-0.1, -0.05) is 6.07 Å². The lowest BCUT2D eigenvalue weighted by Gasteiger charge is -2.20. The van der Waals surface area contributed by atoms with Gasteiger partial charge in [0.15, 0.2) is 0 Å². The standard InChI is InChI=1S/C19H23N3/c1-5-22(6-2)16-9-7-15(8-10-16)19-20-17-12-13(3)11-14(4)18(17)21-19/h7-12H,5-6H2,1-4H3,(H,20,21). The maximum absolute atomic E-state index is 4.77. The minimum Gasteiger partial charge on any atom is -0.372 e. The molecule has 2 aromatic carbocycles. The second kappa shape index (κ2) is 5.84. The molecule has 114 valence electrons. The van der Waals surface area contributed by atoms with Crippen LogP contribution in [0.3, 0.4) is 0 Å². The number of aromatic amines is 1. The Morgan fingerprint density at radius 3 is 2.32 bits per heavy atom. The lowest BCUT2D eigenvalue weighted by molar-refractivity contribution is 0.866. The van der Waals surface area contributed by atoms with Crippen LogP contribution in [0.5, 0.6) is 0 Å². The van der Waals surface area contributed by atoms with E-state index in [0.29, 0.717) is 0 Å². The third kappa shape index (κ3) is 2.59. The molecule has 22 heavy (non-hydrogen) atoms. The summed E-state index contributed by atoms with van der Waals surface area (Å²) in [6, 6.07) is 13.0. The SMILES string of the molecule is CCN(CC)c1ccc(-c2nc3c(C)cc(C)cc3[nH]2)cc1. The minimum atomic E-state index is 0.940. The molecule has 0 unspecified atom stereocenters. The van der Waals surface area contributed by atoms with E-state index in [9.17, 15) is 0 Å². The number of nitrogens with zero attached hydrogens (tertiary/aromatic N) is 2. The first-order valence-electron chi connectivity index (χ1n) is 7.94. The highest BCUT2D eigenvalue weighted by atomic mass is 15.1. The first kappa shape index (κ1) is 14.6. The van der Waals surface area contributed by atoms with Crippen LogP contribution in [-0.2, 0) is 0 Å². The number of fused-ring (bicyclic) bond motifs is 1. The predicted octanol–water partition coefficient (Wildman–Crippen LogP) is 4.69. The molecule has 0 spiro atoms. The minimum absolute atomic E-state index is 0.940. The highest BCUT2D eigenvalue weighted by molar-refractivity contribution is 5.83. The highest BCUT2D eigenvalue weighted by Gasteiger charge is 2.09. The molecule has 0 radical (unpaired) electrons. The molecule has 0 aliphatic rings. The molecule has 3 rings (SSSR count). The van der Waals surface area contributed by atoms with Crippen molar-refractivity contribution in [1.29, 1.82) is 0 Å². The second-order valence-electron chi connectivity index (χ2n) is 5.78. The van der Waals surface area contributed by atoms with Crippen molar-refractivity contribution in [3.8, 4) is 11.4 Å². The number of imidazole rings is 1. The van der Waals surface area contributed by atoms with Crippen molar-refractivity contribution in [2.45, 2.75) is 27.7 Å². The molecule has 0 aliphatic heterocycles. The Balaban J connectivity index is 1.99. The number of benzene rings is 2. The third-order valence-corrected chi connectivity index (χ3v) is 4.19. The molecule has 1 heterocycles. The Bertz CT molecular complexity index is 780. The van der Waals surface area contributed by atoms with Gasteiger partial charge in [0, 0.05) is 24.3 Å². The molecule has 0 aliphatic carbocycles. The topological polar surface area (TPSA) is 31.9 Å². The number of H-pyrrole nitrogens is 1. The first-order chi connectivity index (χ1) is 10.6. The van der Waals surface area contributed by atoms with E-state index in [1.165, 1.54) is 16.8 Å². The van der Waals surface area contributed by atoms with Gasteiger partial charge in [0.1, 0.15) is 5.82 Å². The Labute approximate surface area is 132 Å². The van der Waals surface area contributed by atoms with E-state index in [1.807, 2.05) is 0 Å². The van der Waals surface area contributed by atoms with Crippen LogP contribution in [0.1, 0.15) is 25.0 Å². The van der Waals surface area contributed by atoms with Crippen molar-refractivity contribution >= 4 is 16.7 Å². The largest absolute Gasteiger partial charge is 0.372 e. The Hall–Kier alpha value is -2.29. The fraction of sp³-hybridized carbons (Fsp3) is 0.316. The highest BCUT2D eigenvalue weighted by Crippen LogP contribution is 2.25. The summed E-state index contributed by atoms with van der Waals surface area (Å²) in [5.74, 6) is 0.940. The monoisotopic (exact) mass is 293 g/mol. The average molecular weight is 293 g/mol. The molecular formula is C19H23N3. The van der Waals surface area contributed by atoms with E-state index < -0.39 is 0 Å². The molecule has 3 nitrogen and oxygen atoms in total. The Kier molecular flexibility index (Phi) is 3.88. The van der Waals surface area contributed by atoms with E-state index >= 15 is 0 Å². The number of anilines is 1. The second-order valence-corrected chi connectivity index (χ2v) is 5.78. The molecule has 1 N–H and O–H groups in total. The number of rotatable bonds is 4. The number of hydrogen-bond donors (Lipinski definition) is 1. The summed E-state index contributed by atoms with van der Waals surface area (Å²) in [5.41, 5.74) is 7.05. The van der Waals surface area contributed by atoms with Gasteiger partial charge in [-0.3, -0.25) is 0 Å². The average Bonchev–Trinajstić information content (AvgIpc) is 2.93. The van der Waals surface area contributed by atoms with Gasteiger partial charge in [0.25, 0.3) is 0 Å². The summed E-state index contributed by atoms with van der Waals surface area (Å²) < 4.78 is 0. The molecule has 0 bridgehead atoms. The first-order valence-corrected chi connectivity index (χ1v) is 7.94. The Morgan fingerprint density at radius 2 is 1.68 bits per heavy atom. The van der Waals surface area contributed by atoms with Gasteiger partial charge < -0.3 is 9.88 Å². The fourth-order valence-electron chi connectivity index (χ4n) is 3.03. The summed E-state index contributed by atoms with van der Waals surface area (Å²) in [4.78, 5) is 10.6. The van der Waals surface area contributed by atoms with Crippen molar-refractivity contribution in [3.63, 3.8) is 0 Å². The maximum atomic E-state index is 4.77. The maximum Gasteiger partial charge on any atom is 0.138 e. The summed E-state index contributed by atoms with van der Waals surface area (Å²) >= 11 is 0. The molecule has 0 saturated heterocycles. The zero-order valence-corrected chi connectivity index (χ0v) is 13.8. The van der Waals surface area contributed by atoms with Gasteiger partial charge in [-0.2, -0.15) is 0 Å². The zero-order chi connectivity index (χ0) is 15.7. The zero-order valence-electron chi connectivity index (χ0n) is 13.8. The van der Waals surface area contributed by atoms with Crippen LogP contribution in [0.4, 0.5) is 5.69 Å². The van der Waals surface area contributed by atoms with Crippen molar-refractivity contribution in [2.75, 3.05) is 18.0 Å². The van der Waals surface area contributed by atoms with Crippen molar-refractivity contribution < 1.29 is 0 Å². The van der Waals surface area contributed by atoms with Gasteiger partial charge in [-0.05, 0) is 69.2 Å². The van der Waals surface area contributed by atoms with Crippen molar-refractivity contribution in [1.82, 2.24) is 9.97 Å². The fourth-order valence-corrected chi connectivity index (χ4v) is 3.03. The predicted molar refractivity (Wildman–Crippen MR) is 94.6 cm³/mol. The summed E-state index contributed by atoms with van der Waals surface area (Å²) in [6.07, 6.45) is 0. The van der Waals surface area contributed by atoms with Crippen LogP contribution < -0.4 is 4.90 Å². The van der Waals surface area contributed by atoms with Crippen molar-refractivity contribution in [2.24, 2.45) is 0 Å². The third-order valence-electron chi connectivity index (χ3n) is 4.19. The van der Waals surface area contributed by atoms with E-state index in [4.69, 9.17) is 4.98 Å². The van der Waals surface area contributed by atoms with Crippen LogP contribution in [0.15, 0.2) is 36.4 Å². The molecule has 0 fully saturated rings. The van der Waals surface area contributed by atoms with Crippen LogP contribution in [0.25, 0.3) is 22.4 Å². The number of aromatic nitrogens is 2. The van der Waals surface area contributed by atoms with Gasteiger partial charge in [0.05, 0.1) is 11.0 Å². The normalized spacial score (nSPS) is 11.1. The van der Waals surface area contributed by atoms with E-state index in [0.717, 1.165) is 35.5 Å². The van der Waals surface area contributed by atoms with Gasteiger partial charge in [0.2, 0.25) is 0 Å². The lowest BCUT2D eigenvalue weighted by atomic mass is 10.1. The summed E-state index contributed by atoms with van der Waals surface area (Å²) in [7, 11) is 0. The molecule has 0 saturated carbocycles. The number of nitrogens with one attached hydrogen (secondary N) is 1. The van der Waals surface area contributed by atoms with E-state index in [1.54, 1.807) is 0 Å².